The number of halogens is 2. The van der Waals surface area contributed by atoms with Gasteiger partial charge >= 0.3 is 0 Å². The summed E-state index contributed by atoms with van der Waals surface area (Å²) in [6.45, 7) is 8.57. The molecule has 2 aromatic rings. The minimum atomic E-state index is -0.148. The van der Waals surface area contributed by atoms with Crippen molar-refractivity contribution in [2.75, 3.05) is 13.2 Å². The molecule has 0 saturated carbocycles. The van der Waals surface area contributed by atoms with E-state index in [1.807, 2.05) is 25.1 Å². The Hall–Kier alpha value is -0.770. The van der Waals surface area contributed by atoms with Crippen LogP contribution in [0.2, 0.25) is 5.02 Å². The lowest BCUT2D eigenvalue weighted by Crippen LogP contribution is -2.09. The number of nitrogens with zero attached hydrogens (tertiary/aromatic N) is 2. The summed E-state index contributed by atoms with van der Waals surface area (Å²) in [6, 6.07) is 5.77. The predicted octanol–water partition coefficient (Wildman–Crippen LogP) is 5.05. The number of hydrogen-bond donors (Lipinski definition) is 0. The van der Waals surface area contributed by atoms with Gasteiger partial charge in [-0.1, -0.05) is 31.5 Å². The molecule has 0 fully saturated rings. The molecule has 0 aliphatic carbocycles. The number of hydrogen-bond acceptors (Lipinski definition) is 2. The third-order valence-electron chi connectivity index (χ3n) is 3.22. The molecule has 1 aromatic carbocycles. The van der Waals surface area contributed by atoms with Crippen LogP contribution in [0, 0.1) is 5.92 Å². The highest BCUT2D eigenvalue weighted by molar-refractivity contribution is 6.35. The fourth-order valence-electron chi connectivity index (χ4n) is 2.33. The average molecular weight is 329 g/mol. The number of benzene rings is 1. The first-order chi connectivity index (χ1) is 10.0. The minimum Gasteiger partial charge on any atom is -0.381 e. The van der Waals surface area contributed by atoms with Gasteiger partial charge in [-0.05, 0) is 31.4 Å². The van der Waals surface area contributed by atoms with Gasteiger partial charge in [0.1, 0.15) is 5.82 Å². The Labute approximate surface area is 136 Å². The monoisotopic (exact) mass is 328 g/mol. The van der Waals surface area contributed by atoms with E-state index in [1.165, 1.54) is 0 Å². The molecule has 0 bridgehead atoms. The van der Waals surface area contributed by atoms with Gasteiger partial charge in [0.25, 0.3) is 0 Å². The van der Waals surface area contributed by atoms with E-state index < -0.39 is 0 Å². The van der Waals surface area contributed by atoms with E-state index in [9.17, 15) is 0 Å². The summed E-state index contributed by atoms with van der Waals surface area (Å²) in [6.07, 6.45) is 0.917. The third-order valence-corrected chi connectivity index (χ3v) is 3.72. The van der Waals surface area contributed by atoms with E-state index in [-0.39, 0.29) is 5.38 Å². The van der Waals surface area contributed by atoms with Crippen molar-refractivity contribution in [3.8, 4) is 0 Å². The van der Waals surface area contributed by atoms with Crippen LogP contribution in [0.5, 0.6) is 0 Å². The molecule has 1 atom stereocenters. The number of aromatic nitrogens is 2. The maximum absolute atomic E-state index is 6.33. The first-order valence-corrected chi connectivity index (χ1v) is 8.18. The number of rotatable bonds is 7. The van der Waals surface area contributed by atoms with E-state index in [1.54, 1.807) is 0 Å². The molecule has 0 saturated heterocycles. The Kier molecular flexibility index (Phi) is 5.91. The van der Waals surface area contributed by atoms with Gasteiger partial charge in [0.2, 0.25) is 0 Å². The average Bonchev–Trinajstić information content (AvgIpc) is 2.78. The summed E-state index contributed by atoms with van der Waals surface area (Å²) >= 11 is 12.6. The summed E-state index contributed by atoms with van der Waals surface area (Å²) in [5.74, 6) is 1.43. The molecule has 5 heteroatoms. The second kappa shape index (κ2) is 7.48. The molecule has 0 amide bonds. The fourth-order valence-corrected chi connectivity index (χ4v) is 2.77. The summed E-state index contributed by atoms with van der Waals surface area (Å²) in [7, 11) is 0. The molecule has 0 spiro atoms. The van der Waals surface area contributed by atoms with Crippen molar-refractivity contribution in [1.29, 1.82) is 0 Å². The smallest absolute Gasteiger partial charge is 0.127 e. The largest absolute Gasteiger partial charge is 0.381 e. The topological polar surface area (TPSA) is 27.1 Å². The maximum atomic E-state index is 6.33. The lowest BCUT2D eigenvalue weighted by atomic mass is 10.2. The summed E-state index contributed by atoms with van der Waals surface area (Å²) in [4.78, 5) is 4.61. The second-order valence-corrected chi connectivity index (χ2v) is 6.73. The lowest BCUT2D eigenvalue weighted by Gasteiger charge is -2.12. The van der Waals surface area contributed by atoms with Crippen molar-refractivity contribution in [2.24, 2.45) is 5.92 Å². The van der Waals surface area contributed by atoms with Crippen LogP contribution in [-0.4, -0.2) is 22.8 Å². The van der Waals surface area contributed by atoms with Crippen LogP contribution in [0.25, 0.3) is 11.0 Å². The standard InChI is InChI=1S/C16H22Cl2N2O/c1-11(2)10-21-9-5-8-20-15-13(18)6-4-7-14(15)19-16(20)12(3)17/h4,6-7,11-12H,5,8-10H2,1-3H3. The Bertz CT molecular complexity index is 593. The van der Waals surface area contributed by atoms with Crippen molar-refractivity contribution in [1.82, 2.24) is 9.55 Å². The molecule has 2 rings (SSSR count). The molecule has 1 heterocycles. The molecular formula is C16H22Cl2N2O. The van der Waals surface area contributed by atoms with Crippen molar-refractivity contribution >= 4 is 34.2 Å². The van der Waals surface area contributed by atoms with Gasteiger partial charge < -0.3 is 9.30 Å². The molecule has 0 radical (unpaired) electrons. The Balaban J connectivity index is 2.15. The zero-order chi connectivity index (χ0) is 15.4. The van der Waals surface area contributed by atoms with Crippen LogP contribution in [0.1, 0.15) is 38.4 Å². The van der Waals surface area contributed by atoms with Gasteiger partial charge in [0.05, 0.1) is 21.4 Å². The van der Waals surface area contributed by atoms with Gasteiger partial charge in [-0.2, -0.15) is 0 Å². The summed E-state index contributed by atoms with van der Waals surface area (Å²) in [5.41, 5.74) is 1.86. The lowest BCUT2D eigenvalue weighted by molar-refractivity contribution is 0.105. The number of aryl methyl sites for hydroxylation is 1. The third kappa shape index (κ3) is 4.12. The van der Waals surface area contributed by atoms with E-state index in [4.69, 9.17) is 27.9 Å². The maximum Gasteiger partial charge on any atom is 0.127 e. The fraction of sp³-hybridized carbons (Fsp3) is 0.562. The van der Waals surface area contributed by atoms with Crippen LogP contribution in [0.4, 0.5) is 0 Å². The highest BCUT2D eigenvalue weighted by Gasteiger charge is 2.16. The molecule has 1 aromatic heterocycles. The molecule has 0 aliphatic rings. The Morgan fingerprint density at radius 1 is 1.29 bits per heavy atom. The van der Waals surface area contributed by atoms with Crippen LogP contribution in [0.3, 0.4) is 0 Å². The van der Waals surface area contributed by atoms with Crippen molar-refractivity contribution in [3.63, 3.8) is 0 Å². The number of fused-ring (bicyclic) bond motifs is 1. The van der Waals surface area contributed by atoms with Gasteiger partial charge in [-0.3, -0.25) is 0 Å². The number of imidazole rings is 1. The van der Waals surface area contributed by atoms with Gasteiger partial charge in [-0.15, -0.1) is 11.6 Å². The summed E-state index contributed by atoms with van der Waals surface area (Å²) in [5, 5.41) is 0.566. The van der Waals surface area contributed by atoms with E-state index in [0.717, 1.165) is 43.0 Å². The van der Waals surface area contributed by atoms with Crippen LogP contribution in [-0.2, 0) is 11.3 Å². The number of ether oxygens (including phenoxy) is 1. The molecule has 1 unspecified atom stereocenters. The zero-order valence-electron chi connectivity index (χ0n) is 12.8. The predicted molar refractivity (Wildman–Crippen MR) is 89.3 cm³/mol. The normalized spacial score (nSPS) is 13.2. The van der Waals surface area contributed by atoms with Crippen molar-refractivity contribution in [2.45, 2.75) is 39.1 Å². The Morgan fingerprint density at radius 2 is 2.05 bits per heavy atom. The quantitative estimate of drug-likeness (QED) is 0.525. The zero-order valence-corrected chi connectivity index (χ0v) is 14.3. The van der Waals surface area contributed by atoms with Crippen LogP contribution < -0.4 is 0 Å². The molecule has 116 valence electrons. The van der Waals surface area contributed by atoms with Crippen LogP contribution >= 0.6 is 23.2 Å². The molecule has 0 N–H and O–H groups in total. The highest BCUT2D eigenvalue weighted by atomic mass is 35.5. The molecule has 3 nitrogen and oxygen atoms in total. The van der Waals surface area contributed by atoms with Gasteiger partial charge in [-0.25, -0.2) is 4.98 Å². The SMILES string of the molecule is CC(C)COCCCn1c(C(C)Cl)nc2cccc(Cl)c21. The van der Waals surface area contributed by atoms with Crippen molar-refractivity contribution < 1.29 is 4.74 Å². The van der Waals surface area contributed by atoms with E-state index in [2.05, 4.69) is 23.4 Å². The second-order valence-electron chi connectivity index (χ2n) is 5.67. The first-order valence-electron chi connectivity index (χ1n) is 7.37. The first kappa shape index (κ1) is 16.6. The number of para-hydroxylation sites is 1. The van der Waals surface area contributed by atoms with E-state index >= 15 is 0 Å². The van der Waals surface area contributed by atoms with E-state index in [0.29, 0.717) is 10.9 Å². The van der Waals surface area contributed by atoms with Crippen LogP contribution in [0.15, 0.2) is 18.2 Å². The number of alkyl halides is 1. The minimum absolute atomic E-state index is 0.148. The van der Waals surface area contributed by atoms with Gasteiger partial charge in [0.15, 0.2) is 0 Å². The molecule has 0 aliphatic heterocycles. The van der Waals surface area contributed by atoms with Crippen molar-refractivity contribution in [3.05, 3.63) is 29.0 Å². The Morgan fingerprint density at radius 3 is 2.71 bits per heavy atom. The van der Waals surface area contributed by atoms with Gasteiger partial charge in [0, 0.05) is 19.8 Å². The highest BCUT2D eigenvalue weighted by Crippen LogP contribution is 2.29. The summed E-state index contributed by atoms with van der Waals surface area (Å²) < 4.78 is 7.76. The molecule has 21 heavy (non-hydrogen) atoms. The molecular weight excluding hydrogens is 307 g/mol.